The maximum absolute atomic E-state index is 12.3. The van der Waals surface area contributed by atoms with E-state index in [1.807, 2.05) is 35.6 Å². The quantitative estimate of drug-likeness (QED) is 0.870. The van der Waals surface area contributed by atoms with E-state index in [1.165, 1.54) is 4.90 Å². The second-order valence-electron chi connectivity index (χ2n) is 5.67. The third kappa shape index (κ3) is 2.97. The predicted octanol–water partition coefficient (Wildman–Crippen LogP) is 3.18. The Kier molecular flexibility index (Phi) is 4.01. The second kappa shape index (κ2) is 5.93. The van der Waals surface area contributed by atoms with Gasteiger partial charge in [0.1, 0.15) is 0 Å². The fourth-order valence-electron chi connectivity index (χ4n) is 2.53. The van der Waals surface area contributed by atoms with Gasteiger partial charge in [-0.05, 0) is 18.1 Å². The minimum Gasteiger partial charge on any atom is -0.333 e. The van der Waals surface area contributed by atoms with Crippen molar-refractivity contribution in [3.05, 3.63) is 42.5 Å². The van der Waals surface area contributed by atoms with Crippen molar-refractivity contribution in [2.24, 2.45) is 5.92 Å². The van der Waals surface area contributed by atoms with Crippen LogP contribution in [0.25, 0.3) is 0 Å². The van der Waals surface area contributed by atoms with Crippen molar-refractivity contribution in [2.45, 2.75) is 31.8 Å². The summed E-state index contributed by atoms with van der Waals surface area (Å²) in [7, 11) is 0. The van der Waals surface area contributed by atoms with Crippen LogP contribution in [0.5, 0.6) is 0 Å². The highest BCUT2D eigenvalue weighted by molar-refractivity contribution is 8.00. The fraction of sp³-hybridized carbons (Fsp3) is 0.375. The van der Waals surface area contributed by atoms with Crippen LogP contribution in [0.3, 0.4) is 0 Å². The lowest BCUT2D eigenvalue weighted by Crippen LogP contribution is -2.35. The molecule has 1 aliphatic rings. The average molecular weight is 301 g/mol. The standard InChI is InChI=1S/C16H19N3OS/c1-12(2)8-18-11-17-7-13(18)9-19-14-5-3-4-6-15(14)21-10-16(19)20/h3-7,11-12H,8-10H2,1-2H3. The molecule has 2 aromatic rings. The molecule has 0 spiro atoms. The summed E-state index contributed by atoms with van der Waals surface area (Å²) in [5, 5.41) is 0. The first-order chi connectivity index (χ1) is 10.1. The van der Waals surface area contributed by atoms with Gasteiger partial charge in [0.05, 0.1) is 30.0 Å². The lowest BCUT2D eigenvalue weighted by molar-refractivity contribution is -0.116. The SMILES string of the molecule is CC(C)Cn1cncc1CN1C(=O)CSc2ccccc21. The van der Waals surface area contributed by atoms with E-state index in [4.69, 9.17) is 0 Å². The number of carbonyl (C=O) groups excluding carboxylic acids is 1. The van der Waals surface area contributed by atoms with Gasteiger partial charge in [-0.15, -0.1) is 11.8 Å². The number of aromatic nitrogens is 2. The first-order valence-electron chi connectivity index (χ1n) is 7.16. The number of carbonyl (C=O) groups is 1. The van der Waals surface area contributed by atoms with Gasteiger partial charge in [-0.3, -0.25) is 4.79 Å². The van der Waals surface area contributed by atoms with Crippen LogP contribution in [0.2, 0.25) is 0 Å². The van der Waals surface area contributed by atoms with Crippen molar-refractivity contribution in [1.29, 1.82) is 0 Å². The molecule has 1 aromatic heterocycles. The molecule has 0 unspecified atom stereocenters. The maximum atomic E-state index is 12.3. The largest absolute Gasteiger partial charge is 0.333 e. The Labute approximate surface area is 129 Å². The van der Waals surface area contributed by atoms with Gasteiger partial charge in [0, 0.05) is 17.6 Å². The first kappa shape index (κ1) is 14.2. The van der Waals surface area contributed by atoms with E-state index in [9.17, 15) is 4.79 Å². The lowest BCUT2D eigenvalue weighted by atomic mass is 10.2. The van der Waals surface area contributed by atoms with E-state index in [-0.39, 0.29) is 5.91 Å². The number of hydrogen-bond donors (Lipinski definition) is 0. The lowest BCUT2D eigenvalue weighted by Gasteiger charge is -2.29. The van der Waals surface area contributed by atoms with E-state index in [0.717, 1.165) is 17.9 Å². The van der Waals surface area contributed by atoms with Gasteiger partial charge in [0.15, 0.2) is 0 Å². The van der Waals surface area contributed by atoms with E-state index >= 15 is 0 Å². The van der Waals surface area contributed by atoms with Crippen LogP contribution in [0.15, 0.2) is 41.7 Å². The summed E-state index contributed by atoms with van der Waals surface area (Å²) in [5.41, 5.74) is 2.09. The number of thioether (sulfide) groups is 1. The molecule has 3 rings (SSSR count). The minimum atomic E-state index is 0.163. The fourth-order valence-corrected chi connectivity index (χ4v) is 3.46. The van der Waals surface area contributed by atoms with Gasteiger partial charge < -0.3 is 9.47 Å². The molecule has 1 amide bonds. The Balaban J connectivity index is 1.88. The summed E-state index contributed by atoms with van der Waals surface area (Å²) in [6, 6.07) is 8.09. The maximum Gasteiger partial charge on any atom is 0.237 e. The van der Waals surface area contributed by atoms with Gasteiger partial charge in [-0.25, -0.2) is 4.98 Å². The van der Waals surface area contributed by atoms with Crippen molar-refractivity contribution in [2.75, 3.05) is 10.7 Å². The van der Waals surface area contributed by atoms with Crippen LogP contribution in [0.4, 0.5) is 5.69 Å². The number of benzene rings is 1. The van der Waals surface area contributed by atoms with Crippen LogP contribution in [0.1, 0.15) is 19.5 Å². The van der Waals surface area contributed by atoms with Gasteiger partial charge in [-0.2, -0.15) is 0 Å². The Morgan fingerprint density at radius 1 is 1.33 bits per heavy atom. The molecule has 0 fully saturated rings. The summed E-state index contributed by atoms with van der Waals surface area (Å²) >= 11 is 1.61. The highest BCUT2D eigenvalue weighted by Gasteiger charge is 2.25. The van der Waals surface area contributed by atoms with Crippen molar-refractivity contribution in [3.63, 3.8) is 0 Å². The predicted molar refractivity (Wildman–Crippen MR) is 85.4 cm³/mol. The smallest absolute Gasteiger partial charge is 0.237 e. The number of hydrogen-bond acceptors (Lipinski definition) is 3. The molecule has 0 atom stereocenters. The summed E-state index contributed by atoms with van der Waals surface area (Å²) in [6.07, 6.45) is 3.71. The van der Waals surface area contributed by atoms with E-state index in [0.29, 0.717) is 18.2 Å². The zero-order valence-corrected chi connectivity index (χ0v) is 13.1. The average Bonchev–Trinajstić information content (AvgIpc) is 2.88. The molecule has 0 bridgehead atoms. The molecule has 1 aromatic carbocycles. The molecule has 0 N–H and O–H groups in total. The van der Waals surface area contributed by atoms with E-state index in [2.05, 4.69) is 29.5 Å². The molecule has 0 saturated carbocycles. The monoisotopic (exact) mass is 301 g/mol. The minimum absolute atomic E-state index is 0.163. The number of para-hydroxylation sites is 1. The number of imidazole rings is 1. The van der Waals surface area contributed by atoms with E-state index < -0.39 is 0 Å². The molecular formula is C16H19N3OS. The summed E-state index contributed by atoms with van der Waals surface area (Å²) in [4.78, 5) is 19.6. The zero-order chi connectivity index (χ0) is 14.8. The summed E-state index contributed by atoms with van der Waals surface area (Å²) < 4.78 is 2.14. The Bertz CT molecular complexity index is 650. The third-order valence-corrected chi connectivity index (χ3v) is 4.54. The number of fused-ring (bicyclic) bond motifs is 1. The number of amides is 1. The normalized spacial score (nSPS) is 14.6. The molecule has 5 heteroatoms. The Morgan fingerprint density at radius 3 is 2.95 bits per heavy atom. The number of rotatable bonds is 4. The van der Waals surface area contributed by atoms with E-state index in [1.54, 1.807) is 11.8 Å². The summed E-state index contributed by atoms with van der Waals surface area (Å²) in [5.74, 6) is 1.23. The van der Waals surface area contributed by atoms with Crippen LogP contribution in [0, 0.1) is 5.92 Å². The van der Waals surface area contributed by atoms with Crippen LogP contribution in [-0.4, -0.2) is 21.2 Å². The van der Waals surface area contributed by atoms with Gasteiger partial charge in [0.25, 0.3) is 0 Å². The molecule has 110 valence electrons. The zero-order valence-electron chi connectivity index (χ0n) is 12.3. The van der Waals surface area contributed by atoms with Crippen molar-refractivity contribution in [1.82, 2.24) is 9.55 Å². The van der Waals surface area contributed by atoms with Crippen molar-refractivity contribution < 1.29 is 4.79 Å². The molecule has 0 aliphatic carbocycles. The van der Waals surface area contributed by atoms with Gasteiger partial charge in [0.2, 0.25) is 5.91 Å². The Hall–Kier alpha value is -1.75. The second-order valence-corrected chi connectivity index (χ2v) is 6.68. The molecule has 4 nitrogen and oxygen atoms in total. The molecule has 1 aliphatic heterocycles. The van der Waals surface area contributed by atoms with Gasteiger partial charge in [-0.1, -0.05) is 26.0 Å². The van der Waals surface area contributed by atoms with Crippen LogP contribution in [-0.2, 0) is 17.9 Å². The molecule has 0 saturated heterocycles. The van der Waals surface area contributed by atoms with Gasteiger partial charge >= 0.3 is 0 Å². The van der Waals surface area contributed by atoms with Crippen molar-refractivity contribution in [3.8, 4) is 0 Å². The molecule has 2 heterocycles. The topological polar surface area (TPSA) is 38.1 Å². The number of anilines is 1. The molecule has 0 radical (unpaired) electrons. The highest BCUT2D eigenvalue weighted by atomic mass is 32.2. The number of nitrogens with zero attached hydrogens (tertiary/aromatic N) is 3. The highest BCUT2D eigenvalue weighted by Crippen LogP contribution is 2.35. The first-order valence-corrected chi connectivity index (χ1v) is 8.15. The van der Waals surface area contributed by atoms with Crippen molar-refractivity contribution >= 4 is 23.4 Å². The van der Waals surface area contributed by atoms with Crippen LogP contribution < -0.4 is 4.90 Å². The molecule has 21 heavy (non-hydrogen) atoms. The molecular weight excluding hydrogens is 282 g/mol. The third-order valence-electron chi connectivity index (χ3n) is 3.49. The van der Waals surface area contributed by atoms with Crippen LogP contribution >= 0.6 is 11.8 Å². The Morgan fingerprint density at radius 2 is 2.14 bits per heavy atom. The summed E-state index contributed by atoms with van der Waals surface area (Å²) in [6.45, 7) is 5.88.